The molecule has 0 fully saturated rings. The first-order valence-electron chi connectivity index (χ1n) is 19.8. The fourth-order valence-electron chi connectivity index (χ4n) is 11.6. The highest BCUT2D eigenvalue weighted by Gasteiger charge is 2.60. The van der Waals surface area contributed by atoms with Crippen LogP contribution in [0.2, 0.25) is 0 Å². The topological polar surface area (TPSA) is 3.24 Å². The molecule has 0 saturated carbocycles. The molecule has 2 atom stereocenters. The third kappa shape index (κ3) is 3.65. The van der Waals surface area contributed by atoms with E-state index >= 15 is 0 Å². The molecule has 6 aliphatic carbocycles. The Morgan fingerprint density at radius 3 is 2.13 bits per heavy atom. The summed E-state index contributed by atoms with van der Waals surface area (Å²) in [6.45, 7) is 7.25. The van der Waals surface area contributed by atoms with E-state index < -0.39 is 0 Å². The smallest absolute Gasteiger partial charge is 0.0731 e. The lowest BCUT2D eigenvalue weighted by atomic mass is 9.69. The van der Waals surface area contributed by atoms with Crippen LogP contribution in [0.4, 0.5) is 11.4 Å². The van der Waals surface area contributed by atoms with E-state index in [0.717, 1.165) is 19.3 Å². The molecule has 258 valence electrons. The highest BCUT2D eigenvalue weighted by molar-refractivity contribution is 6.11. The van der Waals surface area contributed by atoms with Crippen LogP contribution in [0, 0.1) is 5.92 Å². The predicted molar refractivity (Wildman–Crippen MR) is 225 cm³/mol. The molecule has 1 heteroatoms. The standard InChI is InChI=1S/C53H41N/c1-32-29-43-42-23-14-22-41-40-21-13-20-39-37-19-8-11-25-45(37)53(50(39)40,51(41)42)47(43)31-49(32)54(48-26-12-9-17-35(48)33-15-5-4-6-16-33)34-27-28-38-36-18-7-10-24-44(36)52(2,3)46(38)30-34/h4-12,14-19,21-28,30-32H,13,20,29H2,1-3H3. The van der Waals surface area contributed by atoms with Gasteiger partial charge in [-0.3, -0.25) is 0 Å². The highest BCUT2D eigenvalue weighted by Crippen LogP contribution is 2.72. The molecule has 6 aromatic carbocycles. The first kappa shape index (κ1) is 30.5. The zero-order valence-electron chi connectivity index (χ0n) is 31.1. The maximum atomic E-state index is 2.66. The van der Waals surface area contributed by atoms with Crippen molar-refractivity contribution in [1.82, 2.24) is 0 Å². The van der Waals surface area contributed by atoms with Gasteiger partial charge in [-0.15, -0.1) is 0 Å². The molecule has 0 amide bonds. The second kappa shape index (κ2) is 10.6. The van der Waals surface area contributed by atoms with Crippen molar-refractivity contribution >= 4 is 28.1 Å². The molecule has 6 aliphatic rings. The fraction of sp³-hybridized carbons (Fsp3) is 0.170. The third-order valence-electron chi connectivity index (χ3n) is 13.7. The Hall–Kier alpha value is -5.92. The zero-order valence-corrected chi connectivity index (χ0v) is 31.1. The number of rotatable bonds is 4. The average molecular weight is 692 g/mol. The van der Waals surface area contributed by atoms with Crippen LogP contribution in [0.1, 0.15) is 79.0 Å². The van der Waals surface area contributed by atoms with Crippen molar-refractivity contribution < 1.29 is 0 Å². The fourth-order valence-corrected chi connectivity index (χ4v) is 11.6. The second-order valence-corrected chi connectivity index (χ2v) is 16.7. The molecule has 0 radical (unpaired) electrons. The van der Waals surface area contributed by atoms with E-state index in [1.165, 1.54) is 89.4 Å². The van der Waals surface area contributed by atoms with Crippen LogP contribution in [0.5, 0.6) is 0 Å². The van der Waals surface area contributed by atoms with E-state index in [-0.39, 0.29) is 10.8 Å². The summed E-state index contributed by atoms with van der Waals surface area (Å²) < 4.78 is 0. The molecule has 0 heterocycles. The van der Waals surface area contributed by atoms with Crippen molar-refractivity contribution in [3.63, 3.8) is 0 Å². The SMILES string of the molecule is CC1CC2=C(C=C1N(c1ccc3c(c1)C(C)(C)c1ccccc1-3)c1ccccc1-c1ccccc1)C13C4=C(CCC=C4c4cccc2c41)c1ccccc13. The van der Waals surface area contributed by atoms with Crippen LogP contribution in [0.15, 0.2) is 169 Å². The molecule has 0 aliphatic heterocycles. The van der Waals surface area contributed by atoms with Gasteiger partial charge in [0.25, 0.3) is 0 Å². The van der Waals surface area contributed by atoms with Crippen molar-refractivity contribution in [2.45, 2.75) is 50.9 Å². The van der Waals surface area contributed by atoms with Gasteiger partial charge in [0, 0.05) is 28.3 Å². The Bertz CT molecular complexity index is 2780. The maximum Gasteiger partial charge on any atom is 0.0731 e. The van der Waals surface area contributed by atoms with Gasteiger partial charge in [-0.05, 0) is 127 Å². The van der Waals surface area contributed by atoms with Gasteiger partial charge in [0.15, 0.2) is 0 Å². The van der Waals surface area contributed by atoms with Gasteiger partial charge in [-0.1, -0.05) is 148 Å². The summed E-state index contributed by atoms with van der Waals surface area (Å²) >= 11 is 0. The summed E-state index contributed by atoms with van der Waals surface area (Å²) in [7, 11) is 0. The Balaban J connectivity index is 1.13. The summed E-state index contributed by atoms with van der Waals surface area (Å²) in [5.41, 5.74) is 26.6. The van der Waals surface area contributed by atoms with Gasteiger partial charge >= 0.3 is 0 Å². The number of para-hydroxylation sites is 1. The van der Waals surface area contributed by atoms with E-state index in [9.17, 15) is 0 Å². The Labute approximate surface area is 318 Å². The molecule has 1 spiro atoms. The minimum absolute atomic E-state index is 0.0960. The molecule has 12 rings (SSSR count). The van der Waals surface area contributed by atoms with Gasteiger partial charge in [0.05, 0.1) is 11.1 Å². The average Bonchev–Trinajstić information content (AvgIpc) is 3.87. The number of benzene rings is 6. The third-order valence-corrected chi connectivity index (χ3v) is 13.7. The molecule has 0 aromatic heterocycles. The van der Waals surface area contributed by atoms with E-state index in [1.807, 2.05) is 0 Å². The lowest BCUT2D eigenvalue weighted by Gasteiger charge is -2.38. The minimum Gasteiger partial charge on any atom is -0.313 e. The molecule has 2 unspecified atom stereocenters. The van der Waals surface area contributed by atoms with Gasteiger partial charge in [-0.25, -0.2) is 0 Å². The van der Waals surface area contributed by atoms with Crippen LogP contribution in [0.3, 0.4) is 0 Å². The quantitative estimate of drug-likeness (QED) is 0.178. The van der Waals surface area contributed by atoms with Crippen molar-refractivity contribution in [3.8, 4) is 22.3 Å². The maximum absolute atomic E-state index is 2.66. The zero-order chi connectivity index (χ0) is 35.9. The predicted octanol–water partition coefficient (Wildman–Crippen LogP) is 13.4. The number of hydrogen-bond acceptors (Lipinski definition) is 1. The van der Waals surface area contributed by atoms with Gasteiger partial charge < -0.3 is 4.90 Å². The van der Waals surface area contributed by atoms with Gasteiger partial charge in [0.2, 0.25) is 0 Å². The molecule has 6 aromatic rings. The van der Waals surface area contributed by atoms with Crippen molar-refractivity contribution in [2.75, 3.05) is 4.90 Å². The molecular weight excluding hydrogens is 651 g/mol. The Kier molecular flexibility index (Phi) is 6.00. The summed E-state index contributed by atoms with van der Waals surface area (Å²) in [4.78, 5) is 2.64. The van der Waals surface area contributed by atoms with Crippen LogP contribution in [-0.4, -0.2) is 0 Å². The minimum atomic E-state index is -0.253. The number of allylic oxidation sites excluding steroid dienone is 8. The lowest BCUT2D eigenvalue weighted by molar-refractivity contribution is 0.657. The van der Waals surface area contributed by atoms with Crippen molar-refractivity contribution in [3.05, 3.63) is 207 Å². The number of fused-ring (bicyclic) bond motifs is 7. The van der Waals surface area contributed by atoms with Crippen LogP contribution in [0.25, 0.3) is 39.0 Å². The summed E-state index contributed by atoms with van der Waals surface area (Å²) in [5.74, 6) is 0.295. The van der Waals surface area contributed by atoms with Gasteiger partial charge in [-0.2, -0.15) is 0 Å². The summed E-state index contributed by atoms with van der Waals surface area (Å²) in [5, 5.41) is 0. The first-order chi connectivity index (χ1) is 26.5. The Morgan fingerprint density at radius 2 is 1.28 bits per heavy atom. The van der Waals surface area contributed by atoms with Crippen LogP contribution in [-0.2, 0) is 10.8 Å². The summed E-state index contributed by atoms with van der Waals surface area (Å²) in [6, 6.07) is 52.8. The number of anilines is 2. The van der Waals surface area contributed by atoms with E-state index in [1.54, 1.807) is 16.7 Å². The van der Waals surface area contributed by atoms with E-state index in [0.29, 0.717) is 5.92 Å². The Morgan fingerprint density at radius 1 is 0.593 bits per heavy atom. The monoisotopic (exact) mass is 691 g/mol. The second-order valence-electron chi connectivity index (χ2n) is 16.7. The largest absolute Gasteiger partial charge is 0.313 e. The molecule has 54 heavy (non-hydrogen) atoms. The number of nitrogens with zero attached hydrogens (tertiary/aromatic N) is 1. The van der Waals surface area contributed by atoms with Gasteiger partial charge in [0.1, 0.15) is 0 Å². The first-order valence-corrected chi connectivity index (χ1v) is 19.8. The molecular formula is C53H41N. The van der Waals surface area contributed by atoms with E-state index in [2.05, 4.69) is 177 Å². The normalized spacial score (nSPS) is 21.5. The van der Waals surface area contributed by atoms with E-state index in [4.69, 9.17) is 0 Å². The molecule has 0 bridgehead atoms. The van der Waals surface area contributed by atoms with Crippen LogP contribution >= 0.6 is 0 Å². The highest BCUT2D eigenvalue weighted by atomic mass is 15.2. The summed E-state index contributed by atoms with van der Waals surface area (Å²) in [6.07, 6.45) is 8.43. The number of hydrogen-bond donors (Lipinski definition) is 0. The lowest BCUT2D eigenvalue weighted by Crippen LogP contribution is -2.29. The molecule has 0 N–H and O–H groups in total. The van der Waals surface area contributed by atoms with Crippen molar-refractivity contribution in [1.29, 1.82) is 0 Å². The van der Waals surface area contributed by atoms with Crippen molar-refractivity contribution in [2.24, 2.45) is 5.92 Å². The van der Waals surface area contributed by atoms with Crippen LogP contribution < -0.4 is 4.90 Å². The molecule has 1 nitrogen and oxygen atoms in total. The molecule has 0 saturated heterocycles.